The van der Waals surface area contributed by atoms with E-state index in [-0.39, 0.29) is 24.8 Å². The summed E-state index contributed by atoms with van der Waals surface area (Å²) in [6.45, 7) is 7.07. The van der Waals surface area contributed by atoms with Gasteiger partial charge in [0.2, 0.25) is 0 Å². The molecular weight excluding hydrogens is 488 g/mol. The number of carbonyl (C=O) groups excluding carboxylic acids is 1. The topological polar surface area (TPSA) is 117 Å². The molecule has 0 bridgehead atoms. The van der Waals surface area contributed by atoms with Gasteiger partial charge >= 0.3 is 0 Å². The SMILES string of the molecule is CC1CN(c2ncccc2C(=O)NS(=O)(=O)c2cccc(Nc3cc4ccccc4cn3)n2)C(C)(C)C1.[HH].[HH]. The summed E-state index contributed by atoms with van der Waals surface area (Å²) in [6.07, 6.45) is 4.28. The van der Waals surface area contributed by atoms with Crippen molar-refractivity contribution in [3.63, 3.8) is 0 Å². The number of rotatable bonds is 6. The van der Waals surface area contributed by atoms with Gasteiger partial charge in [-0.15, -0.1) is 0 Å². The number of fused-ring (bicyclic) bond motifs is 1. The van der Waals surface area contributed by atoms with Gasteiger partial charge in [0.25, 0.3) is 15.9 Å². The van der Waals surface area contributed by atoms with E-state index in [4.69, 9.17) is 0 Å². The number of nitrogens with zero attached hydrogens (tertiary/aromatic N) is 4. The number of carbonyl (C=O) groups is 1. The summed E-state index contributed by atoms with van der Waals surface area (Å²) in [5, 5.41) is 4.72. The maximum Gasteiger partial charge on any atom is 0.281 e. The first kappa shape index (κ1) is 24.6. The lowest BCUT2D eigenvalue weighted by molar-refractivity contribution is 0.0981. The van der Waals surface area contributed by atoms with Crippen molar-refractivity contribution >= 4 is 44.2 Å². The van der Waals surface area contributed by atoms with Crippen LogP contribution in [0.4, 0.5) is 17.5 Å². The third-order valence-electron chi connectivity index (χ3n) is 6.47. The zero-order valence-electron chi connectivity index (χ0n) is 20.8. The lowest BCUT2D eigenvalue weighted by atomic mass is 9.97. The first-order valence-corrected chi connectivity index (χ1v) is 13.5. The molecule has 0 spiro atoms. The Kier molecular flexibility index (Phi) is 6.28. The normalized spacial score (nSPS) is 17.1. The summed E-state index contributed by atoms with van der Waals surface area (Å²) in [7, 11) is -4.25. The van der Waals surface area contributed by atoms with Crippen molar-refractivity contribution in [2.24, 2.45) is 5.92 Å². The molecule has 1 aromatic carbocycles. The Labute approximate surface area is 219 Å². The molecule has 194 valence electrons. The minimum absolute atomic E-state index is 0. The number of sulfonamides is 1. The average molecular weight is 521 g/mol. The van der Waals surface area contributed by atoms with Gasteiger partial charge in [0.1, 0.15) is 17.5 Å². The maximum atomic E-state index is 13.2. The number of nitrogens with one attached hydrogen (secondary N) is 2. The molecule has 37 heavy (non-hydrogen) atoms. The number of anilines is 3. The summed E-state index contributed by atoms with van der Waals surface area (Å²) in [6, 6.07) is 17.4. The van der Waals surface area contributed by atoms with Gasteiger partial charge in [-0.3, -0.25) is 4.79 Å². The van der Waals surface area contributed by atoms with Gasteiger partial charge in [-0.25, -0.2) is 19.7 Å². The molecule has 3 aromatic heterocycles. The first-order valence-electron chi connectivity index (χ1n) is 12.0. The molecule has 0 saturated carbocycles. The Morgan fingerprint density at radius 2 is 1.81 bits per heavy atom. The molecule has 1 saturated heterocycles. The Morgan fingerprint density at radius 1 is 1.03 bits per heavy atom. The van der Waals surface area contributed by atoms with Crippen LogP contribution >= 0.6 is 0 Å². The number of aromatic nitrogens is 3. The van der Waals surface area contributed by atoms with Crippen molar-refractivity contribution in [1.82, 2.24) is 19.7 Å². The number of hydrogen-bond acceptors (Lipinski definition) is 8. The first-order chi connectivity index (χ1) is 17.6. The zero-order chi connectivity index (χ0) is 26.2. The van der Waals surface area contributed by atoms with Crippen LogP contribution in [0.2, 0.25) is 0 Å². The molecule has 0 aliphatic carbocycles. The van der Waals surface area contributed by atoms with E-state index in [0.717, 1.165) is 23.7 Å². The molecule has 4 heterocycles. The monoisotopic (exact) mass is 520 g/mol. The summed E-state index contributed by atoms with van der Waals surface area (Å²) >= 11 is 0. The van der Waals surface area contributed by atoms with E-state index in [0.29, 0.717) is 17.6 Å². The van der Waals surface area contributed by atoms with Crippen LogP contribution in [0.1, 0.15) is 40.4 Å². The second kappa shape index (κ2) is 9.44. The summed E-state index contributed by atoms with van der Waals surface area (Å²) < 4.78 is 28.4. The zero-order valence-corrected chi connectivity index (χ0v) is 21.7. The van der Waals surface area contributed by atoms with Crippen LogP contribution in [0.15, 0.2) is 78.1 Å². The summed E-state index contributed by atoms with van der Waals surface area (Å²) in [5.74, 6) is 0.943. The van der Waals surface area contributed by atoms with E-state index in [9.17, 15) is 13.2 Å². The highest BCUT2D eigenvalue weighted by molar-refractivity contribution is 7.90. The Balaban J connectivity index is 0.00000210. The molecule has 1 amide bonds. The Hall–Kier alpha value is -4.05. The van der Waals surface area contributed by atoms with Crippen molar-refractivity contribution in [2.45, 2.75) is 37.8 Å². The largest absolute Gasteiger partial charge is 0.351 e. The van der Waals surface area contributed by atoms with Crippen molar-refractivity contribution < 1.29 is 16.1 Å². The molecule has 9 nitrogen and oxygen atoms in total. The second-order valence-electron chi connectivity index (χ2n) is 9.94. The smallest absolute Gasteiger partial charge is 0.281 e. The van der Waals surface area contributed by atoms with E-state index in [2.05, 4.69) is 50.7 Å². The molecule has 4 aromatic rings. The van der Waals surface area contributed by atoms with Gasteiger partial charge in [0, 0.05) is 32.7 Å². The lowest BCUT2D eigenvalue weighted by Gasteiger charge is -2.33. The van der Waals surface area contributed by atoms with E-state index in [1.165, 1.54) is 6.07 Å². The third-order valence-corrected chi connectivity index (χ3v) is 7.71. The molecule has 1 fully saturated rings. The van der Waals surface area contributed by atoms with Crippen LogP contribution in [-0.2, 0) is 10.0 Å². The minimum atomic E-state index is -4.25. The number of hydrogen-bond donors (Lipinski definition) is 2. The van der Waals surface area contributed by atoms with Gasteiger partial charge in [-0.05, 0) is 61.9 Å². The van der Waals surface area contributed by atoms with Crippen LogP contribution < -0.4 is 14.9 Å². The average Bonchev–Trinajstić information content (AvgIpc) is 3.15. The molecule has 0 radical (unpaired) electrons. The molecule has 5 rings (SSSR count). The number of pyridine rings is 3. The highest BCUT2D eigenvalue weighted by Crippen LogP contribution is 2.37. The van der Waals surface area contributed by atoms with Gasteiger partial charge < -0.3 is 10.2 Å². The lowest BCUT2D eigenvalue weighted by Crippen LogP contribution is -2.41. The highest BCUT2D eigenvalue weighted by atomic mass is 32.2. The fourth-order valence-electron chi connectivity index (χ4n) is 4.90. The maximum absolute atomic E-state index is 13.2. The number of benzene rings is 1. The minimum Gasteiger partial charge on any atom is -0.351 e. The van der Waals surface area contributed by atoms with E-state index in [1.54, 1.807) is 36.7 Å². The van der Waals surface area contributed by atoms with Crippen LogP contribution in [0.3, 0.4) is 0 Å². The van der Waals surface area contributed by atoms with Crippen molar-refractivity contribution in [2.75, 3.05) is 16.8 Å². The standard InChI is InChI=1S/C27H28N6O3S.2H2/c1-18-15-27(2,3)33(17-18)25-21(10-7-13-28-25)26(34)32-37(35,36)24-12-6-11-22(31-24)30-23-14-19-8-4-5-9-20(19)16-29-23;;/h4-14,16,18H,15,17H2,1-3H3,(H,32,34)(H,29,30,31);2*1H. The summed E-state index contributed by atoms with van der Waals surface area (Å²) in [5.41, 5.74) is -0.0112. The molecule has 1 aliphatic heterocycles. The predicted molar refractivity (Wildman–Crippen MR) is 148 cm³/mol. The number of amides is 1. The highest BCUT2D eigenvalue weighted by Gasteiger charge is 2.39. The predicted octanol–water partition coefficient (Wildman–Crippen LogP) is 5.00. The van der Waals surface area contributed by atoms with Crippen LogP contribution in [0.25, 0.3) is 10.8 Å². The third kappa shape index (κ3) is 5.10. The fourth-order valence-corrected chi connectivity index (χ4v) is 5.83. The van der Waals surface area contributed by atoms with Crippen molar-refractivity contribution in [1.29, 1.82) is 0 Å². The molecule has 1 atom stereocenters. The summed E-state index contributed by atoms with van der Waals surface area (Å²) in [4.78, 5) is 28.3. The van der Waals surface area contributed by atoms with Gasteiger partial charge in [0.05, 0.1) is 5.56 Å². The van der Waals surface area contributed by atoms with Gasteiger partial charge in [-0.1, -0.05) is 37.3 Å². The van der Waals surface area contributed by atoms with E-state index >= 15 is 0 Å². The second-order valence-corrected chi connectivity index (χ2v) is 11.6. The van der Waals surface area contributed by atoms with Crippen LogP contribution in [0.5, 0.6) is 0 Å². The molecule has 2 N–H and O–H groups in total. The molecule has 1 unspecified atom stereocenters. The molecule has 10 heteroatoms. The van der Waals surface area contributed by atoms with E-state index in [1.807, 2.05) is 30.3 Å². The quantitative estimate of drug-likeness (QED) is 0.365. The Bertz CT molecular complexity index is 1600. The molecule has 1 aliphatic rings. The van der Waals surface area contributed by atoms with Crippen molar-refractivity contribution in [3.05, 3.63) is 78.6 Å². The van der Waals surface area contributed by atoms with Gasteiger partial charge in [0.15, 0.2) is 5.03 Å². The van der Waals surface area contributed by atoms with Crippen LogP contribution in [-0.4, -0.2) is 41.4 Å². The van der Waals surface area contributed by atoms with E-state index < -0.39 is 15.9 Å². The Morgan fingerprint density at radius 3 is 2.57 bits per heavy atom. The van der Waals surface area contributed by atoms with Crippen molar-refractivity contribution in [3.8, 4) is 0 Å². The van der Waals surface area contributed by atoms with Gasteiger partial charge in [-0.2, -0.15) is 8.42 Å². The fraction of sp³-hybridized carbons (Fsp3) is 0.259. The van der Waals surface area contributed by atoms with Crippen LogP contribution in [0, 0.1) is 5.92 Å². The molecular formula is C27H32N6O3S.